The van der Waals surface area contributed by atoms with Crippen LogP contribution < -0.4 is 10.6 Å². The summed E-state index contributed by atoms with van der Waals surface area (Å²) in [7, 11) is 3.96. The molecule has 0 saturated heterocycles. The quantitative estimate of drug-likeness (QED) is 0.371. The predicted octanol–water partition coefficient (Wildman–Crippen LogP) is 1.19. The van der Waals surface area contributed by atoms with Crippen molar-refractivity contribution in [3.8, 4) is 0 Å². The Morgan fingerprint density at radius 3 is 2.85 bits per heavy atom. The Morgan fingerprint density at radius 2 is 2.20 bits per heavy atom. The minimum absolute atomic E-state index is 0.115. The third kappa shape index (κ3) is 2.90. The van der Waals surface area contributed by atoms with Gasteiger partial charge in [-0.2, -0.15) is 0 Å². The van der Waals surface area contributed by atoms with Crippen LogP contribution in [0.3, 0.4) is 0 Å². The van der Waals surface area contributed by atoms with Gasteiger partial charge in [0.05, 0.1) is 0 Å². The molecule has 0 atom stereocenters. The number of hydrogen-bond acceptors (Lipinski definition) is 4. The van der Waals surface area contributed by atoms with E-state index in [0.29, 0.717) is 0 Å². The fraction of sp³-hybridized carbons (Fsp3) is 0.286. The molecule has 0 aliphatic carbocycles. The Bertz CT molecular complexity index is 605. The van der Waals surface area contributed by atoms with Crippen molar-refractivity contribution in [2.75, 3.05) is 18.5 Å². The third-order valence-corrected chi connectivity index (χ3v) is 3.29. The maximum absolute atomic E-state index is 8.84. The summed E-state index contributed by atoms with van der Waals surface area (Å²) in [5, 5.41) is 11.9. The van der Waals surface area contributed by atoms with E-state index in [-0.39, 0.29) is 5.84 Å². The van der Waals surface area contributed by atoms with Gasteiger partial charge in [-0.25, -0.2) is 4.98 Å². The largest absolute Gasteiger partial charge is 0.409 e. The van der Waals surface area contributed by atoms with Crippen LogP contribution in [0.1, 0.15) is 11.4 Å². The van der Waals surface area contributed by atoms with E-state index in [1.807, 2.05) is 49.1 Å². The summed E-state index contributed by atoms with van der Waals surface area (Å²) in [6, 6.07) is 7.58. The van der Waals surface area contributed by atoms with Gasteiger partial charge in [0.1, 0.15) is 5.82 Å². The second kappa shape index (κ2) is 6.10. The van der Waals surface area contributed by atoms with E-state index in [1.54, 1.807) is 6.20 Å². The standard InChI is InChI=1S/C14H19N5O/c1-18(9-7-13-16-8-10-19(13)2)12-6-4-3-5-11(12)14(15)17-20/h3-6,8,10,20H,7,9H2,1-2H3,(H2,15,17). The van der Waals surface area contributed by atoms with Gasteiger partial charge in [0.15, 0.2) is 5.84 Å². The first-order valence-electron chi connectivity index (χ1n) is 6.37. The SMILES string of the molecule is CN(CCc1nccn1C)c1ccccc1/C(N)=N/O. The van der Waals surface area contributed by atoms with Gasteiger partial charge >= 0.3 is 0 Å². The average molecular weight is 273 g/mol. The Balaban J connectivity index is 2.13. The molecule has 1 heterocycles. The second-order valence-electron chi connectivity index (χ2n) is 4.63. The number of imidazole rings is 1. The van der Waals surface area contributed by atoms with E-state index < -0.39 is 0 Å². The topological polar surface area (TPSA) is 79.7 Å². The zero-order valence-corrected chi connectivity index (χ0v) is 11.7. The molecule has 0 aliphatic rings. The lowest BCUT2D eigenvalue weighted by atomic mass is 10.1. The minimum atomic E-state index is 0.115. The highest BCUT2D eigenvalue weighted by Crippen LogP contribution is 2.19. The van der Waals surface area contributed by atoms with Gasteiger partial charge in [-0.3, -0.25) is 0 Å². The summed E-state index contributed by atoms with van der Waals surface area (Å²) in [6.45, 7) is 0.792. The number of nitrogens with two attached hydrogens (primary N) is 1. The highest BCUT2D eigenvalue weighted by Gasteiger charge is 2.11. The molecule has 0 bridgehead atoms. The number of hydrogen-bond donors (Lipinski definition) is 2. The van der Waals surface area contributed by atoms with Crippen molar-refractivity contribution in [1.29, 1.82) is 0 Å². The smallest absolute Gasteiger partial charge is 0.172 e. The van der Waals surface area contributed by atoms with Crippen molar-refractivity contribution in [3.63, 3.8) is 0 Å². The van der Waals surface area contributed by atoms with E-state index in [0.717, 1.165) is 30.0 Å². The molecule has 6 heteroatoms. The van der Waals surface area contributed by atoms with Crippen LogP contribution >= 0.6 is 0 Å². The Hall–Kier alpha value is -2.50. The van der Waals surface area contributed by atoms with Crippen LogP contribution in [-0.4, -0.2) is 34.2 Å². The fourth-order valence-electron chi connectivity index (χ4n) is 2.10. The second-order valence-corrected chi connectivity index (χ2v) is 4.63. The van der Waals surface area contributed by atoms with E-state index in [2.05, 4.69) is 15.0 Å². The Morgan fingerprint density at radius 1 is 1.45 bits per heavy atom. The molecule has 2 rings (SSSR count). The number of amidine groups is 1. The molecular weight excluding hydrogens is 254 g/mol. The van der Waals surface area contributed by atoms with Crippen molar-refractivity contribution in [1.82, 2.24) is 9.55 Å². The average Bonchev–Trinajstić information content (AvgIpc) is 2.89. The molecule has 1 aromatic carbocycles. The van der Waals surface area contributed by atoms with E-state index >= 15 is 0 Å². The van der Waals surface area contributed by atoms with Crippen molar-refractivity contribution in [2.45, 2.75) is 6.42 Å². The summed E-state index contributed by atoms with van der Waals surface area (Å²) in [4.78, 5) is 6.37. The number of likely N-dealkylation sites (N-methyl/N-ethyl adjacent to an activating group) is 1. The fourth-order valence-corrected chi connectivity index (χ4v) is 2.10. The van der Waals surface area contributed by atoms with Gasteiger partial charge in [0, 0.05) is 50.7 Å². The molecule has 0 amide bonds. The zero-order chi connectivity index (χ0) is 14.5. The lowest BCUT2D eigenvalue weighted by Gasteiger charge is -2.21. The highest BCUT2D eigenvalue weighted by molar-refractivity contribution is 6.02. The monoisotopic (exact) mass is 273 g/mol. The number of anilines is 1. The van der Waals surface area contributed by atoms with Crippen molar-refractivity contribution in [2.24, 2.45) is 17.9 Å². The Labute approximate surface area is 118 Å². The van der Waals surface area contributed by atoms with E-state index in [1.165, 1.54) is 0 Å². The summed E-state index contributed by atoms with van der Waals surface area (Å²) in [6.07, 6.45) is 4.55. The predicted molar refractivity (Wildman–Crippen MR) is 79.1 cm³/mol. The molecule has 3 N–H and O–H groups in total. The molecule has 2 aromatic rings. The molecule has 0 unspecified atom stereocenters. The number of aromatic nitrogens is 2. The van der Waals surface area contributed by atoms with Crippen LogP contribution in [0.25, 0.3) is 0 Å². The van der Waals surface area contributed by atoms with Gasteiger partial charge in [-0.05, 0) is 12.1 Å². The van der Waals surface area contributed by atoms with E-state index in [4.69, 9.17) is 10.9 Å². The van der Waals surface area contributed by atoms with Gasteiger partial charge in [0.2, 0.25) is 0 Å². The number of nitrogens with zero attached hydrogens (tertiary/aromatic N) is 4. The first kappa shape index (κ1) is 13.9. The summed E-state index contributed by atoms with van der Waals surface area (Å²) in [5.74, 6) is 1.14. The van der Waals surface area contributed by atoms with Crippen LogP contribution in [0.5, 0.6) is 0 Å². The zero-order valence-electron chi connectivity index (χ0n) is 11.7. The molecule has 20 heavy (non-hydrogen) atoms. The maximum atomic E-state index is 8.84. The number of aryl methyl sites for hydroxylation is 1. The molecule has 0 radical (unpaired) electrons. The molecule has 6 nitrogen and oxygen atoms in total. The number of oxime groups is 1. The lowest BCUT2D eigenvalue weighted by Crippen LogP contribution is -2.25. The molecule has 1 aromatic heterocycles. The summed E-state index contributed by atoms with van der Waals surface area (Å²) in [5.41, 5.74) is 7.35. The Kier molecular flexibility index (Phi) is 4.24. The first-order valence-corrected chi connectivity index (χ1v) is 6.37. The molecule has 106 valence electrons. The summed E-state index contributed by atoms with van der Waals surface area (Å²) >= 11 is 0. The molecular formula is C14H19N5O. The van der Waals surface area contributed by atoms with Crippen molar-refractivity contribution >= 4 is 11.5 Å². The van der Waals surface area contributed by atoms with Gasteiger partial charge < -0.3 is 20.4 Å². The minimum Gasteiger partial charge on any atom is -0.409 e. The highest BCUT2D eigenvalue weighted by atomic mass is 16.4. The molecule has 0 aliphatic heterocycles. The van der Waals surface area contributed by atoms with Crippen LogP contribution in [0.4, 0.5) is 5.69 Å². The third-order valence-electron chi connectivity index (χ3n) is 3.29. The summed E-state index contributed by atoms with van der Waals surface area (Å²) < 4.78 is 2.00. The van der Waals surface area contributed by atoms with Crippen LogP contribution in [0.15, 0.2) is 41.8 Å². The maximum Gasteiger partial charge on any atom is 0.172 e. The first-order chi connectivity index (χ1) is 9.63. The molecule has 0 saturated carbocycles. The number of rotatable bonds is 5. The van der Waals surface area contributed by atoms with E-state index in [9.17, 15) is 0 Å². The number of para-hydroxylation sites is 1. The van der Waals surface area contributed by atoms with Crippen LogP contribution in [0, 0.1) is 0 Å². The van der Waals surface area contributed by atoms with Crippen LogP contribution in [-0.2, 0) is 13.5 Å². The normalized spacial score (nSPS) is 11.6. The molecule has 0 fully saturated rings. The van der Waals surface area contributed by atoms with Crippen LogP contribution in [0.2, 0.25) is 0 Å². The number of benzene rings is 1. The lowest BCUT2D eigenvalue weighted by molar-refractivity contribution is 0.318. The van der Waals surface area contributed by atoms with Crippen molar-refractivity contribution < 1.29 is 5.21 Å². The van der Waals surface area contributed by atoms with Gasteiger partial charge in [-0.15, -0.1) is 0 Å². The van der Waals surface area contributed by atoms with Gasteiger partial charge in [0.25, 0.3) is 0 Å². The molecule has 0 spiro atoms. The van der Waals surface area contributed by atoms with Crippen molar-refractivity contribution in [3.05, 3.63) is 48.0 Å². The van der Waals surface area contributed by atoms with Gasteiger partial charge in [-0.1, -0.05) is 17.3 Å².